The van der Waals surface area contributed by atoms with Crippen molar-refractivity contribution in [3.8, 4) is 0 Å². The van der Waals surface area contributed by atoms with Gasteiger partial charge < -0.3 is 4.90 Å². The molecular formula is C6H14N2. The summed E-state index contributed by atoms with van der Waals surface area (Å²) in [7, 11) is 2.07. The van der Waals surface area contributed by atoms with Gasteiger partial charge in [-0.2, -0.15) is 0 Å². The van der Waals surface area contributed by atoms with Gasteiger partial charge in [0.1, 0.15) is 0 Å². The summed E-state index contributed by atoms with van der Waals surface area (Å²) in [5, 5.41) is 0. The number of likely N-dealkylation sites (N-methyl/N-ethyl adjacent to an activating group) is 1. The van der Waals surface area contributed by atoms with Gasteiger partial charge in [0.15, 0.2) is 0 Å². The van der Waals surface area contributed by atoms with Gasteiger partial charge in [0.25, 0.3) is 0 Å². The highest BCUT2D eigenvalue weighted by Gasteiger charge is 1.88. The molecule has 8 heavy (non-hydrogen) atoms. The van der Waals surface area contributed by atoms with Crippen LogP contribution >= 0.6 is 0 Å². The lowest BCUT2D eigenvalue weighted by Gasteiger charge is -2.10. The smallest absolute Gasteiger partial charge is 0.0509 e. The van der Waals surface area contributed by atoms with E-state index in [-0.39, 0.29) is 0 Å². The second kappa shape index (κ2) is 4.78. The fourth-order valence-corrected chi connectivity index (χ4v) is 0.400. The molecule has 0 fully saturated rings. The SMILES string of the molecule is C=NCCN(C)CC. The third kappa shape index (κ3) is 3.81. The van der Waals surface area contributed by atoms with Crippen LogP contribution < -0.4 is 0 Å². The molecule has 0 aliphatic rings. The van der Waals surface area contributed by atoms with Crippen LogP contribution in [0.1, 0.15) is 6.92 Å². The fourth-order valence-electron chi connectivity index (χ4n) is 0.400. The molecular weight excluding hydrogens is 100 g/mol. The van der Waals surface area contributed by atoms with Gasteiger partial charge in [-0.05, 0) is 20.3 Å². The van der Waals surface area contributed by atoms with Gasteiger partial charge in [0.05, 0.1) is 6.54 Å². The lowest BCUT2D eigenvalue weighted by atomic mass is 10.5. The molecule has 0 saturated heterocycles. The summed E-state index contributed by atoms with van der Waals surface area (Å²) in [6.45, 7) is 8.49. The first-order chi connectivity index (χ1) is 3.81. The van der Waals surface area contributed by atoms with E-state index >= 15 is 0 Å². The van der Waals surface area contributed by atoms with E-state index in [4.69, 9.17) is 0 Å². The van der Waals surface area contributed by atoms with E-state index in [2.05, 4.69) is 30.6 Å². The average molecular weight is 114 g/mol. The maximum atomic E-state index is 3.73. The van der Waals surface area contributed by atoms with Crippen molar-refractivity contribution >= 4 is 6.72 Å². The first kappa shape index (κ1) is 7.63. The molecule has 0 bridgehead atoms. The molecule has 0 rings (SSSR count). The van der Waals surface area contributed by atoms with Crippen LogP contribution in [0.3, 0.4) is 0 Å². The molecule has 2 heteroatoms. The Kier molecular flexibility index (Phi) is 4.56. The summed E-state index contributed by atoms with van der Waals surface area (Å²) in [5.41, 5.74) is 0. The topological polar surface area (TPSA) is 15.6 Å². The predicted molar refractivity (Wildman–Crippen MR) is 37.6 cm³/mol. The van der Waals surface area contributed by atoms with E-state index in [1.807, 2.05) is 0 Å². The molecule has 0 atom stereocenters. The third-order valence-corrected chi connectivity index (χ3v) is 1.18. The van der Waals surface area contributed by atoms with E-state index in [1.165, 1.54) is 0 Å². The molecule has 0 amide bonds. The van der Waals surface area contributed by atoms with Gasteiger partial charge in [0.2, 0.25) is 0 Å². The van der Waals surface area contributed by atoms with Crippen molar-refractivity contribution in [1.82, 2.24) is 4.90 Å². The number of hydrogen-bond donors (Lipinski definition) is 0. The molecule has 0 saturated carbocycles. The molecule has 2 nitrogen and oxygen atoms in total. The minimum atomic E-state index is 0.852. The van der Waals surface area contributed by atoms with Gasteiger partial charge in [0, 0.05) is 6.54 Å². The zero-order valence-corrected chi connectivity index (χ0v) is 5.72. The van der Waals surface area contributed by atoms with E-state index in [1.54, 1.807) is 0 Å². The largest absolute Gasteiger partial charge is 0.305 e. The molecule has 0 spiro atoms. The van der Waals surface area contributed by atoms with Crippen LogP contribution in [0.2, 0.25) is 0 Å². The number of rotatable bonds is 4. The van der Waals surface area contributed by atoms with Crippen molar-refractivity contribution in [2.24, 2.45) is 4.99 Å². The van der Waals surface area contributed by atoms with Crippen LogP contribution in [-0.2, 0) is 0 Å². The molecule has 0 N–H and O–H groups in total. The second-order valence-corrected chi connectivity index (χ2v) is 1.84. The zero-order chi connectivity index (χ0) is 6.41. The monoisotopic (exact) mass is 114 g/mol. The highest BCUT2D eigenvalue weighted by Crippen LogP contribution is 1.78. The van der Waals surface area contributed by atoms with Gasteiger partial charge in [-0.25, -0.2) is 0 Å². The molecule has 0 heterocycles. The molecule has 0 aliphatic heterocycles. The van der Waals surface area contributed by atoms with E-state index in [0.717, 1.165) is 19.6 Å². The summed E-state index contributed by atoms with van der Waals surface area (Å²) >= 11 is 0. The van der Waals surface area contributed by atoms with Crippen molar-refractivity contribution in [3.05, 3.63) is 0 Å². The van der Waals surface area contributed by atoms with Crippen molar-refractivity contribution in [2.45, 2.75) is 6.92 Å². The maximum absolute atomic E-state index is 3.73. The Morgan fingerprint density at radius 1 is 1.62 bits per heavy atom. The van der Waals surface area contributed by atoms with E-state index in [0.29, 0.717) is 0 Å². The van der Waals surface area contributed by atoms with Crippen LogP contribution in [0.4, 0.5) is 0 Å². The molecule has 48 valence electrons. The van der Waals surface area contributed by atoms with Crippen LogP contribution in [-0.4, -0.2) is 38.3 Å². The minimum Gasteiger partial charge on any atom is -0.305 e. The fraction of sp³-hybridized carbons (Fsp3) is 0.833. The Morgan fingerprint density at radius 2 is 2.25 bits per heavy atom. The van der Waals surface area contributed by atoms with E-state index < -0.39 is 0 Å². The number of nitrogens with zero attached hydrogens (tertiary/aromatic N) is 2. The maximum Gasteiger partial charge on any atom is 0.0509 e. The van der Waals surface area contributed by atoms with Gasteiger partial charge in [-0.15, -0.1) is 0 Å². The molecule has 0 aliphatic carbocycles. The normalized spacial score (nSPS) is 9.88. The van der Waals surface area contributed by atoms with Crippen LogP contribution in [0.5, 0.6) is 0 Å². The first-order valence-corrected chi connectivity index (χ1v) is 2.92. The summed E-state index contributed by atoms with van der Waals surface area (Å²) in [5.74, 6) is 0. The summed E-state index contributed by atoms with van der Waals surface area (Å²) < 4.78 is 0. The minimum absolute atomic E-state index is 0.852. The Labute approximate surface area is 51.2 Å². The zero-order valence-electron chi connectivity index (χ0n) is 5.72. The predicted octanol–water partition coefficient (Wildman–Crippen LogP) is 0.639. The lowest BCUT2D eigenvalue weighted by Crippen LogP contribution is -2.20. The van der Waals surface area contributed by atoms with Crippen molar-refractivity contribution in [1.29, 1.82) is 0 Å². The van der Waals surface area contributed by atoms with Crippen LogP contribution in [0, 0.1) is 0 Å². The molecule has 0 aromatic carbocycles. The Morgan fingerprint density at radius 3 is 2.62 bits per heavy atom. The Balaban J connectivity index is 2.97. The Bertz CT molecular complexity index is 61.5. The van der Waals surface area contributed by atoms with E-state index in [9.17, 15) is 0 Å². The average Bonchev–Trinajstić information content (AvgIpc) is 1.83. The van der Waals surface area contributed by atoms with Crippen LogP contribution in [0.15, 0.2) is 4.99 Å². The lowest BCUT2D eigenvalue weighted by molar-refractivity contribution is 0.363. The van der Waals surface area contributed by atoms with Crippen LogP contribution in [0.25, 0.3) is 0 Å². The number of aliphatic imine (C=N–C) groups is 1. The quantitative estimate of drug-likeness (QED) is 0.490. The molecule has 0 unspecified atom stereocenters. The number of hydrogen-bond acceptors (Lipinski definition) is 2. The van der Waals surface area contributed by atoms with Gasteiger partial charge in [-0.3, -0.25) is 4.99 Å². The van der Waals surface area contributed by atoms with Crippen molar-refractivity contribution in [2.75, 3.05) is 26.7 Å². The molecule has 0 aromatic rings. The summed E-state index contributed by atoms with van der Waals surface area (Å²) in [6, 6.07) is 0. The highest BCUT2D eigenvalue weighted by atomic mass is 15.1. The van der Waals surface area contributed by atoms with Crippen molar-refractivity contribution < 1.29 is 0 Å². The summed E-state index contributed by atoms with van der Waals surface area (Å²) in [4.78, 5) is 5.94. The highest BCUT2D eigenvalue weighted by molar-refractivity contribution is 5.23. The first-order valence-electron chi connectivity index (χ1n) is 2.92. The molecule has 0 aromatic heterocycles. The van der Waals surface area contributed by atoms with Gasteiger partial charge in [-0.1, -0.05) is 6.92 Å². The summed E-state index contributed by atoms with van der Waals surface area (Å²) in [6.07, 6.45) is 0. The van der Waals surface area contributed by atoms with Gasteiger partial charge >= 0.3 is 0 Å². The standard InChI is InChI=1S/C6H14N2/c1-4-8(3)6-5-7-2/h2,4-6H2,1,3H3. The molecule has 0 radical (unpaired) electrons. The van der Waals surface area contributed by atoms with Crippen molar-refractivity contribution in [3.63, 3.8) is 0 Å². The third-order valence-electron chi connectivity index (χ3n) is 1.18. The second-order valence-electron chi connectivity index (χ2n) is 1.84. The Hall–Kier alpha value is -0.370.